The highest BCUT2D eigenvalue weighted by molar-refractivity contribution is 9.10. The lowest BCUT2D eigenvalue weighted by Gasteiger charge is -2.08. The van der Waals surface area contributed by atoms with Crippen molar-refractivity contribution < 1.29 is 13.9 Å². The molecule has 0 radical (unpaired) electrons. The molecule has 0 atom stereocenters. The van der Waals surface area contributed by atoms with Crippen molar-refractivity contribution in [1.29, 1.82) is 0 Å². The first-order valence-corrected chi connectivity index (χ1v) is 6.16. The molecular formula is C13H11BrFNO2. The average Bonchev–Trinajstić information content (AvgIpc) is 2.37. The maximum absolute atomic E-state index is 12.5. The van der Waals surface area contributed by atoms with Gasteiger partial charge >= 0.3 is 0 Å². The van der Waals surface area contributed by atoms with Gasteiger partial charge in [-0.3, -0.25) is 0 Å². The maximum Gasteiger partial charge on any atom is 0.213 e. The first kappa shape index (κ1) is 12.8. The zero-order valence-electron chi connectivity index (χ0n) is 9.48. The topological polar surface area (TPSA) is 31.4 Å². The number of nitrogens with zero attached hydrogens (tertiary/aromatic N) is 1. The van der Waals surface area contributed by atoms with Crippen LogP contribution in [-0.4, -0.2) is 18.2 Å². The summed E-state index contributed by atoms with van der Waals surface area (Å²) in [6.45, 7) is 0.785. The molecule has 3 nitrogen and oxygen atoms in total. The molecule has 18 heavy (non-hydrogen) atoms. The molecular weight excluding hydrogens is 301 g/mol. The van der Waals surface area contributed by atoms with Gasteiger partial charge in [0.2, 0.25) is 5.95 Å². The molecule has 1 heterocycles. The van der Waals surface area contributed by atoms with Crippen LogP contribution in [0.15, 0.2) is 47.1 Å². The first-order valence-electron chi connectivity index (χ1n) is 5.37. The molecule has 0 aliphatic heterocycles. The molecule has 1 aromatic heterocycles. The van der Waals surface area contributed by atoms with Gasteiger partial charge in [-0.2, -0.15) is 4.39 Å². The summed E-state index contributed by atoms with van der Waals surface area (Å²) in [6, 6.07) is 10.3. The van der Waals surface area contributed by atoms with Crippen molar-refractivity contribution in [2.24, 2.45) is 0 Å². The third-order valence-electron chi connectivity index (χ3n) is 2.12. The van der Waals surface area contributed by atoms with Crippen molar-refractivity contribution in [2.45, 2.75) is 0 Å². The molecule has 0 spiro atoms. The highest BCUT2D eigenvalue weighted by Crippen LogP contribution is 2.17. The van der Waals surface area contributed by atoms with E-state index in [4.69, 9.17) is 9.47 Å². The fourth-order valence-electron chi connectivity index (χ4n) is 1.32. The van der Waals surface area contributed by atoms with Gasteiger partial charge in [-0.05, 0) is 30.3 Å². The Balaban J connectivity index is 1.74. The molecule has 0 unspecified atom stereocenters. The Kier molecular flexibility index (Phi) is 4.52. The number of aromatic nitrogens is 1. The quantitative estimate of drug-likeness (QED) is 0.626. The summed E-state index contributed by atoms with van der Waals surface area (Å²) < 4.78 is 24.3. The van der Waals surface area contributed by atoms with E-state index in [0.717, 1.165) is 10.2 Å². The van der Waals surface area contributed by atoms with Crippen LogP contribution in [0.5, 0.6) is 11.5 Å². The Morgan fingerprint density at radius 3 is 2.50 bits per heavy atom. The molecule has 0 N–H and O–H groups in total. The smallest absolute Gasteiger partial charge is 0.213 e. The highest BCUT2D eigenvalue weighted by atomic mass is 79.9. The van der Waals surface area contributed by atoms with Gasteiger partial charge in [0, 0.05) is 4.47 Å². The third kappa shape index (κ3) is 4.00. The van der Waals surface area contributed by atoms with Gasteiger partial charge in [0.15, 0.2) is 0 Å². The lowest BCUT2D eigenvalue weighted by Crippen LogP contribution is -2.09. The van der Waals surface area contributed by atoms with Gasteiger partial charge in [0.1, 0.15) is 24.7 Å². The molecule has 0 aliphatic carbocycles. The molecule has 0 aliphatic rings. The molecule has 0 fully saturated rings. The lowest BCUT2D eigenvalue weighted by molar-refractivity contribution is 0.216. The predicted molar refractivity (Wildman–Crippen MR) is 69.3 cm³/mol. The number of benzene rings is 1. The summed E-state index contributed by atoms with van der Waals surface area (Å²) in [7, 11) is 0. The molecule has 0 saturated carbocycles. The fraction of sp³-hybridized carbons (Fsp3) is 0.154. The molecule has 0 saturated heterocycles. The second-order valence-corrected chi connectivity index (χ2v) is 4.39. The molecule has 5 heteroatoms. The van der Waals surface area contributed by atoms with E-state index in [0.29, 0.717) is 19.0 Å². The Morgan fingerprint density at radius 1 is 1.06 bits per heavy atom. The molecule has 2 rings (SSSR count). The van der Waals surface area contributed by atoms with Gasteiger partial charge in [-0.15, -0.1) is 0 Å². The fourth-order valence-corrected chi connectivity index (χ4v) is 1.70. The van der Waals surface area contributed by atoms with E-state index in [1.807, 2.05) is 24.3 Å². The van der Waals surface area contributed by atoms with Gasteiger partial charge in [-0.25, -0.2) is 4.98 Å². The highest BCUT2D eigenvalue weighted by Gasteiger charge is 1.97. The van der Waals surface area contributed by atoms with Crippen LogP contribution in [0, 0.1) is 5.95 Å². The van der Waals surface area contributed by atoms with Crippen LogP contribution in [0.1, 0.15) is 0 Å². The van der Waals surface area contributed by atoms with Gasteiger partial charge in [-0.1, -0.05) is 22.0 Å². The Labute approximate surface area is 113 Å². The minimum absolute atomic E-state index is 0.375. The average molecular weight is 312 g/mol. The summed E-state index contributed by atoms with van der Waals surface area (Å²) in [5.41, 5.74) is 0. The van der Waals surface area contributed by atoms with E-state index >= 15 is 0 Å². The summed E-state index contributed by atoms with van der Waals surface area (Å²) in [5, 5.41) is 0. The van der Waals surface area contributed by atoms with Crippen molar-refractivity contribution in [3.8, 4) is 11.5 Å². The Hall–Kier alpha value is -1.62. The standard InChI is InChI=1S/C13H11BrFNO2/c14-10-2-1-3-11(8-10)17-6-7-18-12-4-5-13(15)16-9-12/h1-5,8-9H,6-7H2. The number of hydrogen-bond acceptors (Lipinski definition) is 3. The Morgan fingerprint density at radius 2 is 1.83 bits per heavy atom. The molecule has 0 amide bonds. The maximum atomic E-state index is 12.5. The Bertz CT molecular complexity index is 505. The van der Waals surface area contributed by atoms with Crippen molar-refractivity contribution >= 4 is 15.9 Å². The lowest BCUT2D eigenvalue weighted by atomic mass is 10.3. The minimum atomic E-state index is -0.521. The normalized spacial score (nSPS) is 10.1. The second-order valence-electron chi connectivity index (χ2n) is 3.47. The number of halogens is 2. The van der Waals surface area contributed by atoms with Gasteiger partial charge in [0.25, 0.3) is 0 Å². The summed E-state index contributed by atoms with van der Waals surface area (Å²) >= 11 is 3.36. The van der Waals surface area contributed by atoms with Crippen molar-refractivity contribution in [3.05, 3.63) is 53.0 Å². The van der Waals surface area contributed by atoms with Gasteiger partial charge < -0.3 is 9.47 Å². The van der Waals surface area contributed by atoms with Crippen molar-refractivity contribution in [3.63, 3.8) is 0 Å². The molecule has 94 valence electrons. The summed E-state index contributed by atoms with van der Waals surface area (Å²) in [6.07, 6.45) is 1.34. The zero-order chi connectivity index (χ0) is 12.8. The van der Waals surface area contributed by atoms with E-state index in [1.54, 1.807) is 0 Å². The van der Waals surface area contributed by atoms with Crippen LogP contribution in [0.3, 0.4) is 0 Å². The molecule has 1 aromatic carbocycles. The van der Waals surface area contributed by atoms with E-state index in [1.165, 1.54) is 18.3 Å². The minimum Gasteiger partial charge on any atom is -0.490 e. The number of pyridine rings is 1. The second kappa shape index (κ2) is 6.35. The number of hydrogen-bond donors (Lipinski definition) is 0. The largest absolute Gasteiger partial charge is 0.490 e. The van der Waals surface area contributed by atoms with Crippen LogP contribution in [0.4, 0.5) is 4.39 Å². The third-order valence-corrected chi connectivity index (χ3v) is 2.61. The van der Waals surface area contributed by atoms with Gasteiger partial charge in [0.05, 0.1) is 6.20 Å². The van der Waals surface area contributed by atoms with Crippen LogP contribution in [0.2, 0.25) is 0 Å². The molecule has 2 aromatic rings. The van der Waals surface area contributed by atoms with Crippen LogP contribution < -0.4 is 9.47 Å². The SMILES string of the molecule is Fc1ccc(OCCOc2cccc(Br)c2)cn1. The van der Waals surface area contributed by atoms with Crippen LogP contribution >= 0.6 is 15.9 Å². The predicted octanol–water partition coefficient (Wildman–Crippen LogP) is 3.44. The van der Waals surface area contributed by atoms with Crippen molar-refractivity contribution in [2.75, 3.05) is 13.2 Å². The summed E-state index contributed by atoms with van der Waals surface area (Å²) in [4.78, 5) is 3.49. The van der Waals surface area contributed by atoms with Crippen molar-refractivity contribution in [1.82, 2.24) is 4.98 Å². The monoisotopic (exact) mass is 311 g/mol. The van der Waals surface area contributed by atoms with E-state index in [-0.39, 0.29) is 0 Å². The van der Waals surface area contributed by atoms with E-state index < -0.39 is 5.95 Å². The van der Waals surface area contributed by atoms with E-state index in [2.05, 4.69) is 20.9 Å². The van der Waals surface area contributed by atoms with E-state index in [9.17, 15) is 4.39 Å². The molecule has 0 bridgehead atoms. The number of ether oxygens (including phenoxy) is 2. The zero-order valence-corrected chi connectivity index (χ0v) is 11.1. The first-order chi connectivity index (χ1) is 8.74. The van der Waals surface area contributed by atoms with Crippen LogP contribution in [-0.2, 0) is 0 Å². The number of rotatable bonds is 5. The summed E-state index contributed by atoms with van der Waals surface area (Å²) in [5.74, 6) is 0.771. The van der Waals surface area contributed by atoms with Crippen LogP contribution in [0.25, 0.3) is 0 Å².